The Balaban J connectivity index is 2.08. The first-order valence-corrected chi connectivity index (χ1v) is 6.31. The SMILES string of the molecule is FC(F)(F)c1cccn2c(C3CCNCC3)ncc12. The van der Waals surface area contributed by atoms with E-state index in [0.717, 1.165) is 37.8 Å². The topological polar surface area (TPSA) is 29.3 Å². The number of nitrogens with zero attached hydrogens (tertiary/aromatic N) is 2. The molecule has 0 saturated carbocycles. The number of alkyl halides is 3. The van der Waals surface area contributed by atoms with Crippen LogP contribution in [0, 0.1) is 0 Å². The maximum atomic E-state index is 12.9. The van der Waals surface area contributed by atoms with Crippen LogP contribution in [0.4, 0.5) is 13.2 Å². The zero-order valence-electron chi connectivity index (χ0n) is 10.2. The number of pyridine rings is 1. The number of piperidine rings is 1. The van der Waals surface area contributed by atoms with Gasteiger partial charge in [-0.05, 0) is 38.1 Å². The van der Waals surface area contributed by atoms with Crippen LogP contribution in [0.25, 0.3) is 5.52 Å². The molecule has 0 spiro atoms. The second kappa shape index (κ2) is 4.52. The van der Waals surface area contributed by atoms with Gasteiger partial charge in [-0.25, -0.2) is 4.98 Å². The summed E-state index contributed by atoms with van der Waals surface area (Å²) in [5.41, 5.74) is -0.480. The van der Waals surface area contributed by atoms with Crippen molar-refractivity contribution >= 4 is 5.52 Å². The minimum atomic E-state index is -4.34. The largest absolute Gasteiger partial charge is 0.418 e. The number of imidazole rings is 1. The number of fused-ring (bicyclic) bond motifs is 1. The lowest BCUT2D eigenvalue weighted by atomic mass is 9.97. The lowest BCUT2D eigenvalue weighted by molar-refractivity contribution is -0.136. The van der Waals surface area contributed by atoms with Crippen LogP contribution in [0.3, 0.4) is 0 Å². The van der Waals surface area contributed by atoms with Crippen molar-refractivity contribution in [2.45, 2.75) is 24.9 Å². The molecule has 1 fully saturated rings. The minimum absolute atomic E-state index is 0.142. The molecule has 3 rings (SSSR count). The van der Waals surface area contributed by atoms with Crippen molar-refractivity contribution in [2.24, 2.45) is 0 Å². The van der Waals surface area contributed by atoms with E-state index in [1.54, 1.807) is 10.6 Å². The first-order valence-electron chi connectivity index (χ1n) is 6.31. The predicted molar refractivity (Wildman–Crippen MR) is 65.0 cm³/mol. The highest BCUT2D eigenvalue weighted by molar-refractivity contribution is 5.55. The average molecular weight is 269 g/mol. The summed E-state index contributed by atoms with van der Waals surface area (Å²) in [4.78, 5) is 4.23. The average Bonchev–Trinajstić information content (AvgIpc) is 2.82. The molecule has 0 aromatic carbocycles. The van der Waals surface area contributed by atoms with Gasteiger partial charge in [-0.3, -0.25) is 0 Å². The Bertz CT molecular complexity index is 582. The molecule has 1 saturated heterocycles. The number of hydrogen-bond acceptors (Lipinski definition) is 2. The first kappa shape index (κ1) is 12.5. The summed E-state index contributed by atoms with van der Waals surface area (Å²) in [5, 5.41) is 3.24. The zero-order valence-corrected chi connectivity index (χ0v) is 10.2. The molecule has 0 bridgehead atoms. The van der Waals surface area contributed by atoms with Gasteiger partial charge in [0.2, 0.25) is 0 Å². The zero-order chi connectivity index (χ0) is 13.5. The highest BCUT2D eigenvalue weighted by Gasteiger charge is 2.33. The van der Waals surface area contributed by atoms with Crippen molar-refractivity contribution in [3.8, 4) is 0 Å². The standard InChI is InChI=1S/C13H14F3N3/c14-13(15,16)10-2-1-7-19-11(10)8-18-12(19)9-3-5-17-6-4-9/h1-2,7-9,17H,3-6H2. The summed E-state index contributed by atoms with van der Waals surface area (Å²) in [6.45, 7) is 1.77. The third kappa shape index (κ3) is 2.20. The van der Waals surface area contributed by atoms with Gasteiger partial charge >= 0.3 is 6.18 Å². The molecule has 6 heteroatoms. The van der Waals surface area contributed by atoms with Gasteiger partial charge in [0.15, 0.2) is 0 Å². The molecule has 3 heterocycles. The molecule has 1 N–H and O–H groups in total. The fourth-order valence-electron chi connectivity index (χ4n) is 2.66. The summed E-state index contributed by atoms with van der Waals surface area (Å²) < 4.78 is 40.3. The fraction of sp³-hybridized carbons (Fsp3) is 0.462. The van der Waals surface area contributed by atoms with Crippen molar-refractivity contribution in [2.75, 3.05) is 13.1 Å². The number of halogens is 3. The van der Waals surface area contributed by atoms with E-state index in [4.69, 9.17) is 0 Å². The van der Waals surface area contributed by atoms with Crippen LogP contribution in [-0.4, -0.2) is 22.5 Å². The Morgan fingerprint density at radius 3 is 2.68 bits per heavy atom. The Labute approximate surface area is 108 Å². The van der Waals surface area contributed by atoms with Crippen LogP contribution < -0.4 is 5.32 Å². The van der Waals surface area contributed by atoms with Gasteiger partial charge in [-0.2, -0.15) is 13.2 Å². The molecule has 19 heavy (non-hydrogen) atoms. The van der Waals surface area contributed by atoms with E-state index in [2.05, 4.69) is 10.3 Å². The van der Waals surface area contributed by atoms with Crippen LogP contribution in [0.2, 0.25) is 0 Å². The number of aromatic nitrogens is 2. The van der Waals surface area contributed by atoms with E-state index >= 15 is 0 Å². The van der Waals surface area contributed by atoms with Crippen molar-refractivity contribution in [3.05, 3.63) is 35.9 Å². The number of nitrogens with one attached hydrogen (secondary N) is 1. The van der Waals surface area contributed by atoms with Gasteiger partial charge in [0.1, 0.15) is 5.82 Å². The fourth-order valence-corrected chi connectivity index (χ4v) is 2.66. The Morgan fingerprint density at radius 2 is 2.00 bits per heavy atom. The highest BCUT2D eigenvalue weighted by atomic mass is 19.4. The predicted octanol–water partition coefficient (Wildman–Crippen LogP) is 2.82. The molecule has 0 amide bonds. The van der Waals surface area contributed by atoms with E-state index < -0.39 is 11.7 Å². The van der Waals surface area contributed by atoms with Crippen LogP contribution in [0.15, 0.2) is 24.5 Å². The first-order chi connectivity index (χ1) is 9.07. The quantitative estimate of drug-likeness (QED) is 0.862. The highest BCUT2D eigenvalue weighted by Crippen LogP contribution is 2.34. The van der Waals surface area contributed by atoms with E-state index in [0.29, 0.717) is 0 Å². The molecule has 0 radical (unpaired) electrons. The van der Waals surface area contributed by atoms with Crippen LogP contribution >= 0.6 is 0 Å². The summed E-state index contributed by atoms with van der Waals surface area (Å²) in [5.74, 6) is 0.967. The van der Waals surface area contributed by atoms with Crippen LogP contribution in [0.1, 0.15) is 30.1 Å². The Morgan fingerprint density at radius 1 is 1.26 bits per heavy atom. The summed E-state index contributed by atoms with van der Waals surface area (Å²) in [7, 11) is 0. The molecule has 0 aliphatic carbocycles. The van der Waals surface area contributed by atoms with Crippen molar-refractivity contribution < 1.29 is 13.2 Å². The molecule has 0 unspecified atom stereocenters. The van der Waals surface area contributed by atoms with Crippen molar-refractivity contribution in [1.29, 1.82) is 0 Å². The monoisotopic (exact) mass is 269 g/mol. The van der Waals surface area contributed by atoms with Crippen molar-refractivity contribution in [1.82, 2.24) is 14.7 Å². The molecule has 102 valence electrons. The maximum absolute atomic E-state index is 12.9. The molecule has 0 atom stereocenters. The van der Waals surface area contributed by atoms with Crippen LogP contribution in [0.5, 0.6) is 0 Å². The van der Waals surface area contributed by atoms with E-state index in [1.165, 1.54) is 12.3 Å². The number of hydrogen-bond donors (Lipinski definition) is 1. The second-order valence-electron chi connectivity index (χ2n) is 4.82. The van der Waals surface area contributed by atoms with Gasteiger partial charge in [0.25, 0.3) is 0 Å². The summed E-state index contributed by atoms with van der Waals surface area (Å²) in [6, 6.07) is 2.53. The van der Waals surface area contributed by atoms with E-state index in [1.807, 2.05) is 0 Å². The molecule has 1 aliphatic heterocycles. The van der Waals surface area contributed by atoms with Crippen LogP contribution in [-0.2, 0) is 6.18 Å². The van der Waals surface area contributed by atoms with Gasteiger partial charge in [0.05, 0.1) is 17.3 Å². The van der Waals surface area contributed by atoms with Crippen molar-refractivity contribution in [3.63, 3.8) is 0 Å². The lowest BCUT2D eigenvalue weighted by Gasteiger charge is -2.21. The molecular formula is C13H14F3N3. The molecule has 2 aromatic heterocycles. The van der Waals surface area contributed by atoms with Gasteiger partial charge in [-0.15, -0.1) is 0 Å². The lowest BCUT2D eigenvalue weighted by Crippen LogP contribution is -2.27. The summed E-state index contributed by atoms with van der Waals surface area (Å²) >= 11 is 0. The van der Waals surface area contributed by atoms with Gasteiger partial charge in [-0.1, -0.05) is 0 Å². The Hall–Kier alpha value is -1.56. The minimum Gasteiger partial charge on any atom is -0.317 e. The van der Waals surface area contributed by atoms with Gasteiger partial charge in [0, 0.05) is 12.1 Å². The van der Waals surface area contributed by atoms with E-state index in [9.17, 15) is 13.2 Å². The second-order valence-corrected chi connectivity index (χ2v) is 4.82. The molecule has 3 nitrogen and oxygen atoms in total. The molecular weight excluding hydrogens is 255 g/mol. The number of rotatable bonds is 1. The van der Waals surface area contributed by atoms with E-state index in [-0.39, 0.29) is 11.4 Å². The normalized spacial score (nSPS) is 18.1. The van der Waals surface area contributed by atoms with Gasteiger partial charge < -0.3 is 9.72 Å². The smallest absolute Gasteiger partial charge is 0.317 e. The molecule has 2 aromatic rings. The Kier molecular flexibility index (Phi) is 2.97. The molecule has 1 aliphatic rings. The maximum Gasteiger partial charge on any atom is 0.418 e. The summed E-state index contributed by atoms with van der Waals surface area (Å²) in [6.07, 6.45) is 0.480. The third-order valence-electron chi connectivity index (χ3n) is 3.61. The third-order valence-corrected chi connectivity index (χ3v) is 3.61.